The van der Waals surface area contributed by atoms with E-state index in [-0.39, 0.29) is 5.91 Å². The highest BCUT2D eigenvalue weighted by atomic mass is 127. The van der Waals surface area contributed by atoms with Crippen molar-refractivity contribution in [3.05, 3.63) is 31.8 Å². The van der Waals surface area contributed by atoms with Crippen LogP contribution in [0.3, 0.4) is 0 Å². The number of halogens is 2. The van der Waals surface area contributed by atoms with E-state index in [9.17, 15) is 4.79 Å². The van der Waals surface area contributed by atoms with Crippen molar-refractivity contribution < 1.29 is 4.79 Å². The number of rotatable bonds is 4. The number of hydrogen-bond donors (Lipinski definition) is 1. The molecule has 104 valence electrons. The van der Waals surface area contributed by atoms with E-state index in [2.05, 4.69) is 43.8 Å². The SMILES string of the molecule is O=C(NCCC1CCCCC1)c1cc(Br)ccc1I. The summed E-state index contributed by atoms with van der Waals surface area (Å²) in [5.74, 6) is 0.858. The van der Waals surface area contributed by atoms with Gasteiger partial charge in [0.2, 0.25) is 0 Å². The van der Waals surface area contributed by atoms with Gasteiger partial charge in [-0.2, -0.15) is 0 Å². The van der Waals surface area contributed by atoms with Crippen LogP contribution in [0.5, 0.6) is 0 Å². The first-order chi connectivity index (χ1) is 9.16. The average Bonchev–Trinajstić information content (AvgIpc) is 2.42. The average molecular weight is 436 g/mol. The standard InChI is InChI=1S/C15H19BrINO/c16-12-6-7-14(17)13(10-12)15(19)18-9-8-11-4-2-1-3-5-11/h6-7,10-11H,1-5,8-9H2,(H,18,19). The Labute approximate surface area is 137 Å². The fourth-order valence-corrected chi connectivity index (χ4v) is 3.57. The minimum absolute atomic E-state index is 0.0431. The summed E-state index contributed by atoms with van der Waals surface area (Å²) >= 11 is 5.62. The van der Waals surface area contributed by atoms with E-state index >= 15 is 0 Å². The lowest BCUT2D eigenvalue weighted by Gasteiger charge is -2.21. The van der Waals surface area contributed by atoms with Gasteiger partial charge in [-0.3, -0.25) is 4.79 Å². The van der Waals surface area contributed by atoms with Crippen molar-refractivity contribution in [1.29, 1.82) is 0 Å². The highest BCUT2D eigenvalue weighted by Crippen LogP contribution is 2.25. The van der Waals surface area contributed by atoms with Gasteiger partial charge in [0.15, 0.2) is 0 Å². The van der Waals surface area contributed by atoms with Crippen LogP contribution in [0.1, 0.15) is 48.9 Å². The van der Waals surface area contributed by atoms with Gasteiger partial charge in [-0.15, -0.1) is 0 Å². The summed E-state index contributed by atoms with van der Waals surface area (Å²) in [5.41, 5.74) is 0.763. The van der Waals surface area contributed by atoms with E-state index < -0.39 is 0 Å². The van der Waals surface area contributed by atoms with Crippen LogP contribution in [-0.4, -0.2) is 12.5 Å². The molecule has 0 heterocycles. The van der Waals surface area contributed by atoms with E-state index in [1.165, 1.54) is 32.1 Å². The highest BCUT2D eigenvalue weighted by molar-refractivity contribution is 14.1. The van der Waals surface area contributed by atoms with E-state index in [1.807, 2.05) is 18.2 Å². The zero-order chi connectivity index (χ0) is 13.7. The minimum Gasteiger partial charge on any atom is -0.352 e. The lowest BCUT2D eigenvalue weighted by Crippen LogP contribution is -2.27. The van der Waals surface area contributed by atoms with Crippen molar-refractivity contribution in [3.63, 3.8) is 0 Å². The van der Waals surface area contributed by atoms with Crippen molar-refractivity contribution in [2.45, 2.75) is 38.5 Å². The van der Waals surface area contributed by atoms with Crippen LogP contribution >= 0.6 is 38.5 Å². The summed E-state index contributed by atoms with van der Waals surface area (Å²) < 4.78 is 1.95. The molecule has 0 radical (unpaired) electrons. The largest absolute Gasteiger partial charge is 0.352 e. The Balaban J connectivity index is 1.82. The first-order valence-electron chi connectivity index (χ1n) is 6.90. The van der Waals surface area contributed by atoms with Gasteiger partial charge in [0.25, 0.3) is 5.91 Å². The Morgan fingerprint density at radius 1 is 1.32 bits per heavy atom. The molecule has 0 saturated heterocycles. The Bertz CT molecular complexity index is 444. The molecule has 0 atom stereocenters. The molecule has 0 aliphatic heterocycles. The predicted molar refractivity (Wildman–Crippen MR) is 90.4 cm³/mol. The molecule has 1 aromatic carbocycles. The van der Waals surface area contributed by atoms with Crippen LogP contribution in [0.4, 0.5) is 0 Å². The molecular formula is C15H19BrINO. The van der Waals surface area contributed by atoms with Gasteiger partial charge >= 0.3 is 0 Å². The Morgan fingerprint density at radius 2 is 2.05 bits per heavy atom. The lowest BCUT2D eigenvalue weighted by atomic mass is 9.87. The molecule has 1 N–H and O–H groups in total. The van der Waals surface area contributed by atoms with Gasteiger partial charge < -0.3 is 5.32 Å². The van der Waals surface area contributed by atoms with Crippen molar-refractivity contribution in [1.82, 2.24) is 5.32 Å². The Kier molecular flexibility index (Phi) is 6.13. The summed E-state index contributed by atoms with van der Waals surface area (Å²) in [6.07, 6.45) is 7.91. The zero-order valence-corrected chi connectivity index (χ0v) is 14.7. The smallest absolute Gasteiger partial charge is 0.252 e. The van der Waals surface area contributed by atoms with Crippen LogP contribution in [0.25, 0.3) is 0 Å². The van der Waals surface area contributed by atoms with Gasteiger partial charge in [-0.05, 0) is 53.1 Å². The van der Waals surface area contributed by atoms with E-state index in [1.54, 1.807) is 0 Å². The lowest BCUT2D eigenvalue weighted by molar-refractivity contribution is 0.0949. The van der Waals surface area contributed by atoms with Crippen LogP contribution in [0.15, 0.2) is 22.7 Å². The van der Waals surface area contributed by atoms with Crippen molar-refractivity contribution in [2.75, 3.05) is 6.54 Å². The molecule has 0 spiro atoms. The predicted octanol–water partition coefficient (Wildman–Crippen LogP) is 4.75. The van der Waals surface area contributed by atoms with Gasteiger partial charge in [0.05, 0.1) is 5.56 Å². The second kappa shape index (κ2) is 7.62. The third-order valence-electron chi connectivity index (χ3n) is 3.74. The highest BCUT2D eigenvalue weighted by Gasteiger charge is 2.14. The molecule has 1 amide bonds. The maximum absolute atomic E-state index is 12.1. The van der Waals surface area contributed by atoms with E-state index in [0.29, 0.717) is 0 Å². The second-order valence-corrected chi connectivity index (χ2v) is 7.25. The molecule has 19 heavy (non-hydrogen) atoms. The van der Waals surface area contributed by atoms with Crippen LogP contribution in [0.2, 0.25) is 0 Å². The number of benzene rings is 1. The molecule has 2 nitrogen and oxygen atoms in total. The summed E-state index contributed by atoms with van der Waals surface area (Å²) in [7, 11) is 0. The van der Waals surface area contributed by atoms with Crippen LogP contribution in [0, 0.1) is 9.49 Å². The Hall–Kier alpha value is -0.100. The molecule has 0 bridgehead atoms. The molecule has 4 heteroatoms. The van der Waals surface area contributed by atoms with Crippen molar-refractivity contribution in [3.8, 4) is 0 Å². The topological polar surface area (TPSA) is 29.1 Å². The number of carbonyl (C=O) groups excluding carboxylic acids is 1. The number of nitrogens with one attached hydrogen (secondary N) is 1. The van der Waals surface area contributed by atoms with Gasteiger partial charge in [0, 0.05) is 14.6 Å². The van der Waals surface area contributed by atoms with Gasteiger partial charge in [-0.25, -0.2) is 0 Å². The maximum atomic E-state index is 12.1. The second-order valence-electron chi connectivity index (χ2n) is 5.17. The summed E-state index contributed by atoms with van der Waals surface area (Å²) in [4.78, 5) is 12.1. The number of carbonyl (C=O) groups is 1. The minimum atomic E-state index is 0.0431. The molecular weight excluding hydrogens is 417 g/mol. The van der Waals surface area contributed by atoms with E-state index in [0.717, 1.165) is 32.5 Å². The molecule has 1 fully saturated rings. The monoisotopic (exact) mass is 435 g/mol. The van der Waals surface area contributed by atoms with Gasteiger partial charge in [-0.1, -0.05) is 48.0 Å². The first-order valence-corrected chi connectivity index (χ1v) is 8.77. The molecule has 1 aromatic rings. The maximum Gasteiger partial charge on any atom is 0.252 e. The summed E-state index contributed by atoms with van der Waals surface area (Å²) in [6.45, 7) is 0.798. The Morgan fingerprint density at radius 3 is 2.79 bits per heavy atom. The van der Waals surface area contributed by atoms with Crippen molar-refractivity contribution in [2.24, 2.45) is 5.92 Å². The third-order valence-corrected chi connectivity index (χ3v) is 5.17. The zero-order valence-electron chi connectivity index (χ0n) is 10.9. The molecule has 1 aliphatic carbocycles. The van der Waals surface area contributed by atoms with Gasteiger partial charge in [0.1, 0.15) is 0 Å². The molecule has 2 rings (SSSR count). The van der Waals surface area contributed by atoms with Crippen molar-refractivity contribution >= 4 is 44.4 Å². The number of hydrogen-bond acceptors (Lipinski definition) is 1. The van der Waals surface area contributed by atoms with E-state index in [4.69, 9.17) is 0 Å². The van der Waals surface area contributed by atoms with Crippen LogP contribution < -0.4 is 5.32 Å². The fourth-order valence-electron chi connectivity index (χ4n) is 2.63. The molecule has 0 unspecified atom stereocenters. The summed E-state index contributed by atoms with van der Waals surface area (Å²) in [5, 5.41) is 3.05. The molecule has 1 aliphatic rings. The summed E-state index contributed by atoms with van der Waals surface area (Å²) in [6, 6.07) is 5.80. The third kappa shape index (κ3) is 4.74. The van der Waals surface area contributed by atoms with Crippen LogP contribution in [-0.2, 0) is 0 Å². The molecule has 0 aromatic heterocycles. The quantitative estimate of drug-likeness (QED) is 0.679. The normalized spacial score (nSPS) is 16.3. The fraction of sp³-hybridized carbons (Fsp3) is 0.533. The number of amides is 1. The molecule has 1 saturated carbocycles. The first kappa shape index (κ1) is 15.3.